The number of carbonyl (C=O) groups is 1. The molecule has 0 aliphatic rings. The Balaban J connectivity index is 2.51. The zero-order chi connectivity index (χ0) is 13.1. The molecule has 0 N–H and O–H groups in total. The molecule has 0 amide bonds. The zero-order valence-electron chi connectivity index (χ0n) is 9.48. The average Bonchev–Trinajstić information content (AvgIpc) is 2.40. The van der Waals surface area contributed by atoms with Gasteiger partial charge in [-0.3, -0.25) is 4.98 Å². The van der Waals surface area contributed by atoms with E-state index in [0.717, 1.165) is 0 Å². The highest BCUT2D eigenvalue weighted by atomic mass is 35.5. The van der Waals surface area contributed by atoms with Gasteiger partial charge in [0.15, 0.2) is 0 Å². The second-order valence-electron chi connectivity index (χ2n) is 3.58. The molecule has 1 heterocycles. The molecule has 0 saturated heterocycles. The number of nitrogens with zero attached hydrogens (tertiary/aromatic N) is 1. The number of rotatable bonds is 2. The minimum Gasteiger partial charge on any atom is -0.465 e. The Morgan fingerprint density at radius 3 is 2.83 bits per heavy atom. The highest BCUT2D eigenvalue weighted by molar-refractivity contribution is 6.30. The maximum absolute atomic E-state index is 13.7. The van der Waals surface area contributed by atoms with Gasteiger partial charge in [-0.2, -0.15) is 0 Å². The maximum atomic E-state index is 13.7. The van der Waals surface area contributed by atoms with Crippen molar-refractivity contribution in [2.75, 3.05) is 7.11 Å². The number of ether oxygens (including phenoxy) is 1. The second-order valence-corrected chi connectivity index (χ2v) is 4.01. The first-order chi connectivity index (χ1) is 8.61. The predicted molar refractivity (Wildman–Crippen MR) is 66.0 cm³/mol. The van der Waals surface area contributed by atoms with Crippen LogP contribution in [0.1, 0.15) is 10.4 Å². The van der Waals surface area contributed by atoms with Crippen molar-refractivity contribution < 1.29 is 13.9 Å². The predicted octanol–water partition coefficient (Wildman–Crippen LogP) is 3.33. The van der Waals surface area contributed by atoms with Crippen LogP contribution in [0.25, 0.3) is 11.1 Å². The minimum absolute atomic E-state index is 0.259. The molecule has 0 bridgehead atoms. The molecule has 92 valence electrons. The lowest BCUT2D eigenvalue weighted by atomic mass is 10.1. The van der Waals surface area contributed by atoms with Crippen molar-refractivity contribution in [1.29, 1.82) is 0 Å². The van der Waals surface area contributed by atoms with Crippen molar-refractivity contribution in [2.24, 2.45) is 0 Å². The summed E-state index contributed by atoms with van der Waals surface area (Å²) in [4.78, 5) is 15.3. The monoisotopic (exact) mass is 265 g/mol. The highest BCUT2D eigenvalue weighted by Crippen LogP contribution is 2.26. The van der Waals surface area contributed by atoms with E-state index in [1.807, 2.05) is 0 Å². The summed E-state index contributed by atoms with van der Waals surface area (Å²) in [5, 5.41) is 0.412. The number of pyridine rings is 1. The van der Waals surface area contributed by atoms with E-state index in [1.54, 1.807) is 0 Å². The summed E-state index contributed by atoms with van der Waals surface area (Å²) in [5.74, 6) is -0.949. The van der Waals surface area contributed by atoms with Crippen LogP contribution < -0.4 is 0 Å². The number of esters is 1. The summed E-state index contributed by atoms with van der Waals surface area (Å²) >= 11 is 5.82. The summed E-state index contributed by atoms with van der Waals surface area (Å²) in [6, 6.07) is 5.71. The molecule has 2 rings (SSSR count). The summed E-state index contributed by atoms with van der Waals surface area (Å²) in [6.07, 6.45) is 2.82. The molecular weight excluding hydrogens is 257 g/mol. The van der Waals surface area contributed by atoms with Crippen molar-refractivity contribution in [2.45, 2.75) is 0 Å². The van der Waals surface area contributed by atoms with Crippen LogP contribution in [0, 0.1) is 5.82 Å². The van der Waals surface area contributed by atoms with Crippen LogP contribution in [0.5, 0.6) is 0 Å². The summed E-state index contributed by atoms with van der Waals surface area (Å²) < 4.78 is 18.2. The molecule has 0 aliphatic heterocycles. The lowest BCUT2D eigenvalue weighted by Crippen LogP contribution is -2.02. The Morgan fingerprint density at radius 2 is 2.11 bits per heavy atom. The molecular formula is C13H9ClFNO2. The molecule has 0 unspecified atom stereocenters. The van der Waals surface area contributed by atoms with Crippen molar-refractivity contribution in [3.8, 4) is 11.1 Å². The fourth-order valence-corrected chi connectivity index (χ4v) is 1.71. The van der Waals surface area contributed by atoms with Crippen molar-refractivity contribution in [1.82, 2.24) is 4.98 Å². The Kier molecular flexibility index (Phi) is 3.58. The third-order valence-corrected chi connectivity index (χ3v) is 2.63. The number of hydrogen-bond donors (Lipinski definition) is 0. The molecule has 2 aromatic rings. The van der Waals surface area contributed by atoms with E-state index in [-0.39, 0.29) is 5.56 Å². The fourth-order valence-electron chi connectivity index (χ4n) is 1.54. The van der Waals surface area contributed by atoms with E-state index in [0.29, 0.717) is 16.1 Å². The number of hydrogen-bond acceptors (Lipinski definition) is 3. The van der Waals surface area contributed by atoms with E-state index in [2.05, 4.69) is 9.72 Å². The Morgan fingerprint density at radius 1 is 1.33 bits per heavy atom. The minimum atomic E-state index is -0.521. The SMILES string of the molecule is COC(=O)c1cncc(-c2cc(Cl)ccc2F)c1. The van der Waals surface area contributed by atoms with Gasteiger partial charge in [0.2, 0.25) is 0 Å². The van der Waals surface area contributed by atoms with Crippen LogP contribution in [0.15, 0.2) is 36.7 Å². The highest BCUT2D eigenvalue weighted by Gasteiger charge is 2.10. The molecule has 0 aliphatic carbocycles. The van der Waals surface area contributed by atoms with Gasteiger partial charge in [0.1, 0.15) is 5.82 Å². The second kappa shape index (κ2) is 5.14. The molecule has 0 spiro atoms. The average molecular weight is 266 g/mol. The number of methoxy groups -OCH3 is 1. The molecule has 0 radical (unpaired) electrons. The number of carbonyl (C=O) groups excluding carboxylic acids is 1. The van der Waals surface area contributed by atoms with Crippen molar-refractivity contribution >= 4 is 17.6 Å². The van der Waals surface area contributed by atoms with Gasteiger partial charge in [-0.25, -0.2) is 9.18 Å². The first kappa shape index (κ1) is 12.5. The van der Waals surface area contributed by atoms with E-state index in [1.165, 1.54) is 43.8 Å². The van der Waals surface area contributed by atoms with Crippen LogP contribution in [0.4, 0.5) is 4.39 Å². The lowest BCUT2D eigenvalue weighted by Gasteiger charge is -2.05. The first-order valence-corrected chi connectivity index (χ1v) is 5.48. The van der Waals surface area contributed by atoms with E-state index >= 15 is 0 Å². The quantitative estimate of drug-likeness (QED) is 0.782. The van der Waals surface area contributed by atoms with Crippen molar-refractivity contribution in [3.63, 3.8) is 0 Å². The molecule has 0 fully saturated rings. The van der Waals surface area contributed by atoms with Gasteiger partial charge in [-0.05, 0) is 24.3 Å². The topological polar surface area (TPSA) is 39.2 Å². The summed E-state index contributed by atoms with van der Waals surface area (Å²) in [5.41, 5.74) is 1.02. The molecule has 1 aromatic heterocycles. The fraction of sp³-hybridized carbons (Fsp3) is 0.0769. The normalized spacial score (nSPS) is 10.2. The van der Waals surface area contributed by atoms with Crippen LogP contribution in [0.3, 0.4) is 0 Å². The lowest BCUT2D eigenvalue weighted by molar-refractivity contribution is 0.0600. The third kappa shape index (κ3) is 2.49. The van der Waals surface area contributed by atoms with Crippen molar-refractivity contribution in [3.05, 3.63) is 53.1 Å². The molecule has 3 nitrogen and oxygen atoms in total. The van der Waals surface area contributed by atoms with Gasteiger partial charge >= 0.3 is 5.97 Å². The molecule has 18 heavy (non-hydrogen) atoms. The molecule has 1 aromatic carbocycles. The van der Waals surface area contributed by atoms with Gasteiger partial charge in [0, 0.05) is 28.5 Å². The van der Waals surface area contributed by atoms with Crippen LogP contribution in [-0.2, 0) is 4.74 Å². The summed E-state index contributed by atoms with van der Waals surface area (Å²) in [6.45, 7) is 0. The Labute approximate surface area is 108 Å². The third-order valence-electron chi connectivity index (χ3n) is 2.40. The van der Waals surface area contributed by atoms with Gasteiger partial charge in [0.25, 0.3) is 0 Å². The Bertz CT molecular complexity index is 601. The first-order valence-electron chi connectivity index (χ1n) is 5.10. The van der Waals surface area contributed by atoms with E-state index < -0.39 is 11.8 Å². The Hall–Kier alpha value is -1.94. The van der Waals surface area contributed by atoms with Crippen LogP contribution >= 0.6 is 11.6 Å². The van der Waals surface area contributed by atoms with Crippen LogP contribution in [-0.4, -0.2) is 18.1 Å². The molecule has 0 saturated carbocycles. The molecule has 0 atom stereocenters. The molecule has 5 heteroatoms. The zero-order valence-corrected chi connectivity index (χ0v) is 10.2. The smallest absolute Gasteiger partial charge is 0.339 e. The van der Waals surface area contributed by atoms with Crippen LogP contribution in [0.2, 0.25) is 5.02 Å². The van der Waals surface area contributed by atoms with E-state index in [4.69, 9.17) is 11.6 Å². The standard InChI is InChI=1S/C13H9ClFNO2/c1-18-13(17)9-4-8(6-16-7-9)11-5-10(14)2-3-12(11)15/h2-7H,1H3. The van der Waals surface area contributed by atoms with E-state index in [9.17, 15) is 9.18 Å². The van der Waals surface area contributed by atoms with Gasteiger partial charge in [-0.15, -0.1) is 0 Å². The largest absolute Gasteiger partial charge is 0.465 e. The number of halogens is 2. The van der Waals surface area contributed by atoms with Gasteiger partial charge in [0.05, 0.1) is 12.7 Å². The maximum Gasteiger partial charge on any atom is 0.339 e. The van der Waals surface area contributed by atoms with Gasteiger partial charge < -0.3 is 4.74 Å². The number of aromatic nitrogens is 1. The number of benzene rings is 1. The van der Waals surface area contributed by atoms with Gasteiger partial charge in [-0.1, -0.05) is 11.6 Å². The summed E-state index contributed by atoms with van der Waals surface area (Å²) in [7, 11) is 1.27.